The second-order valence-corrected chi connectivity index (χ2v) is 4.73. The fourth-order valence-electron chi connectivity index (χ4n) is 1.85. The van der Waals surface area contributed by atoms with Crippen LogP contribution in [0.4, 0.5) is 19.0 Å². The fraction of sp³-hybridized carbons (Fsp3) is 0.667. The molecule has 0 bridgehead atoms. The molecular weight excluding hydrogens is 243 g/mol. The highest BCUT2D eigenvalue weighted by atomic mass is 19.4. The molecule has 0 aliphatic heterocycles. The van der Waals surface area contributed by atoms with E-state index in [1.165, 1.54) is 18.9 Å². The Morgan fingerprint density at radius 1 is 1.33 bits per heavy atom. The molecule has 0 saturated heterocycles. The quantitative estimate of drug-likeness (QED) is 0.879. The lowest BCUT2D eigenvalue weighted by molar-refractivity contribution is -0.141. The van der Waals surface area contributed by atoms with Crippen LogP contribution in [0.3, 0.4) is 0 Å². The van der Waals surface area contributed by atoms with Crippen LogP contribution in [0.5, 0.6) is 0 Å². The summed E-state index contributed by atoms with van der Waals surface area (Å²) in [6.07, 6.45) is 0.0792. The summed E-state index contributed by atoms with van der Waals surface area (Å²) in [4.78, 5) is 0. The summed E-state index contributed by atoms with van der Waals surface area (Å²) in [5.41, 5.74) is -0.955. The van der Waals surface area contributed by atoms with Gasteiger partial charge < -0.3 is 5.32 Å². The van der Waals surface area contributed by atoms with Crippen LogP contribution in [0.15, 0.2) is 12.1 Å². The van der Waals surface area contributed by atoms with Gasteiger partial charge in [0.1, 0.15) is 5.82 Å². The third-order valence-electron chi connectivity index (χ3n) is 3.11. The van der Waals surface area contributed by atoms with Crippen molar-refractivity contribution >= 4 is 5.82 Å². The number of nitrogens with one attached hydrogen (secondary N) is 1. The van der Waals surface area contributed by atoms with E-state index in [1.807, 2.05) is 0 Å². The molecule has 1 aliphatic carbocycles. The Hall–Kier alpha value is -1.33. The molecule has 1 heterocycles. The van der Waals surface area contributed by atoms with Gasteiger partial charge in [0, 0.05) is 6.04 Å². The van der Waals surface area contributed by atoms with Crippen molar-refractivity contribution < 1.29 is 13.2 Å². The molecular formula is C12H16F3N3. The molecule has 1 atom stereocenters. The average Bonchev–Trinajstić information content (AvgIpc) is 3.11. The van der Waals surface area contributed by atoms with Crippen LogP contribution in [0.2, 0.25) is 0 Å². The van der Waals surface area contributed by atoms with Crippen LogP contribution in [0.1, 0.15) is 38.3 Å². The first-order valence-corrected chi connectivity index (χ1v) is 6.16. The van der Waals surface area contributed by atoms with Gasteiger partial charge in [-0.15, -0.1) is 10.2 Å². The van der Waals surface area contributed by atoms with Crippen LogP contribution < -0.4 is 5.32 Å². The Labute approximate surface area is 104 Å². The molecule has 1 aromatic heterocycles. The predicted octanol–water partition coefficient (Wildman–Crippen LogP) is 3.49. The second kappa shape index (κ2) is 5.12. The van der Waals surface area contributed by atoms with Crippen molar-refractivity contribution in [2.45, 2.75) is 44.8 Å². The van der Waals surface area contributed by atoms with Crippen molar-refractivity contribution in [1.29, 1.82) is 0 Å². The number of aromatic nitrogens is 2. The fourth-order valence-corrected chi connectivity index (χ4v) is 1.85. The Kier molecular flexibility index (Phi) is 3.73. The molecule has 18 heavy (non-hydrogen) atoms. The van der Waals surface area contributed by atoms with E-state index in [-0.39, 0.29) is 6.04 Å². The van der Waals surface area contributed by atoms with Gasteiger partial charge in [0.25, 0.3) is 0 Å². The molecule has 0 aromatic carbocycles. The Morgan fingerprint density at radius 2 is 2.06 bits per heavy atom. The smallest absolute Gasteiger partial charge is 0.366 e. The second-order valence-electron chi connectivity index (χ2n) is 4.73. The van der Waals surface area contributed by atoms with Gasteiger partial charge in [-0.25, -0.2) is 0 Å². The Balaban J connectivity index is 1.95. The van der Waals surface area contributed by atoms with Gasteiger partial charge >= 0.3 is 6.18 Å². The van der Waals surface area contributed by atoms with Crippen LogP contribution >= 0.6 is 0 Å². The molecule has 0 radical (unpaired) electrons. The van der Waals surface area contributed by atoms with Crippen molar-refractivity contribution in [3.05, 3.63) is 17.8 Å². The van der Waals surface area contributed by atoms with Crippen molar-refractivity contribution in [2.24, 2.45) is 5.92 Å². The van der Waals surface area contributed by atoms with Gasteiger partial charge in [0.05, 0.1) is 0 Å². The van der Waals surface area contributed by atoms with Gasteiger partial charge in [-0.3, -0.25) is 0 Å². The highest BCUT2D eigenvalue weighted by Gasteiger charge is 2.33. The summed E-state index contributed by atoms with van der Waals surface area (Å²) < 4.78 is 36.9. The number of halogens is 3. The summed E-state index contributed by atoms with van der Waals surface area (Å²) in [6, 6.07) is 2.56. The van der Waals surface area contributed by atoms with Crippen molar-refractivity contribution in [3.63, 3.8) is 0 Å². The summed E-state index contributed by atoms with van der Waals surface area (Å²) in [5.74, 6) is 1.18. The van der Waals surface area contributed by atoms with Crippen LogP contribution in [0.25, 0.3) is 0 Å². The highest BCUT2D eigenvalue weighted by molar-refractivity contribution is 5.34. The molecule has 1 unspecified atom stereocenters. The first-order chi connectivity index (χ1) is 8.49. The SMILES string of the molecule is CCC(CC1CC1)Nc1ccc(C(F)(F)F)nn1. The number of hydrogen-bond acceptors (Lipinski definition) is 3. The summed E-state index contributed by atoms with van der Waals surface area (Å²) in [5, 5.41) is 9.91. The normalized spacial score (nSPS) is 17.6. The van der Waals surface area contributed by atoms with E-state index in [9.17, 15) is 13.2 Å². The number of anilines is 1. The third-order valence-corrected chi connectivity index (χ3v) is 3.11. The standard InChI is InChI=1S/C12H16F3N3/c1-2-9(7-8-3-4-8)16-11-6-5-10(17-18-11)12(13,14)15/h5-6,8-9H,2-4,7H2,1H3,(H,16,18). The zero-order valence-corrected chi connectivity index (χ0v) is 10.2. The topological polar surface area (TPSA) is 37.8 Å². The Morgan fingerprint density at radius 3 is 2.50 bits per heavy atom. The molecule has 6 heteroatoms. The zero-order valence-electron chi connectivity index (χ0n) is 10.2. The average molecular weight is 259 g/mol. The Bertz CT molecular complexity index is 385. The third kappa shape index (κ3) is 3.58. The van der Waals surface area contributed by atoms with Crippen molar-refractivity contribution in [2.75, 3.05) is 5.32 Å². The van der Waals surface area contributed by atoms with E-state index in [0.29, 0.717) is 5.82 Å². The van der Waals surface area contributed by atoms with Gasteiger partial charge in [-0.1, -0.05) is 19.8 Å². The minimum atomic E-state index is -4.43. The minimum absolute atomic E-state index is 0.267. The number of alkyl halides is 3. The van der Waals surface area contributed by atoms with E-state index in [2.05, 4.69) is 22.4 Å². The molecule has 2 rings (SSSR count). The number of rotatable bonds is 5. The molecule has 1 fully saturated rings. The maximum atomic E-state index is 12.3. The number of nitrogens with zero attached hydrogens (tertiary/aromatic N) is 2. The first kappa shape index (κ1) is 13.1. The van der Waals surface area contributed by atoms with Gasteiger partial charge in [-0.05, 0) is 30.9 Å². The molecule has 1 aliphatic rings. The summed E-state index contributed by atoms with van der Waals surface area (Å²) in [6.45, 7) is 2.05. The minimum Gasteiger partial charge on any atom is -0.366 e. The highest BCUT2D eigenvalue weighted by Crippen LogP contribution is 2.34. The van der Waals surface area contributed by atoms with Crippen LogP contribution in [-0.4, -0.2) is 16.2 Å². The maximum absolute atomic E-state index is 12.3. The lowest BCUT2D eigenvalue weighted by Gasteiger charge is -2.17. The predicted molar refractivity (Wildman–Crippen MR) is 62.1 cm³/mol. The van der Waals surface area contributed by atoms with Gasteiger partial charge in [0.15, 0.2) is 5.69 Å². The van der Waals surface area contributed by atoms with E-state index in [4.69, 9.17) is 0 Å². The van der Waals surface area contributed by atoms with Gasteiger partial charge in [-0.2, -0.15) is 13.2 Å². The molecule has 0 spiro atoms. The zero-order chi connectivity index (χ0) is 13.2. The van der Waals surface area contributed by atoms with E-state index in [0.717, 1.165) is 24.8 Å². The summed E-state index contributed by atoms with van der Waals surface area (Å²) >= 11 is 0. The monoisotopic (exact) mass is 259 g/mol. The molecule has 100 valence electrons. The van der Waals surface area contributed by atoms with Crippen molar-refractivity contribution in [3.8, 4) is 0 Å². The molecule has 1 N–H and O–H groups in total. The molecule has 1 saturated carbocycles. The molecule has 3 nitrogen and oxygen atoms in total. The first-order valence-electron chi connectivity index (χ1n) is 6.16. The summed E-state index contributed by atoms with van der Waals surface area (Å²) in [7, 11) is 0. The van der Waals surface area contributed by atoms with E-state index in [1.54, 1.807) is 0 Å². The van der Waals surface area contributed by atoms with Crippen molar-refractivity contribution in [1.82, 2.24) is 10.2 Å². The van der Waals surface area contributed by atoms with Crippen LogP contribution in [-0.2, 0) is 6.18 Å². The van der Waals surface area contributed by atoms with Gasteiger partial charge in [0.2, 0.25) is 0 Å². The van der Waals surface area contributed by atoms with E-state index >= 15 is 0 Å². The largest absolute Gasteiger partial charge is 0.435 e. The maximum Gasteiger partial charge on any atom is 0.435 e. The lowest BCUT2D eigenvalue weighted by Crippen LogP contribution is -2.20. The molecule has 1 aromatic rings. The number of hydrogen-bond donors (Lipinski definition) is 1. The lowest BCUT2D eigenvalue weighted by atomic mass is 10.1. The molecule has 0 amide bonds. The van der Waals surface area contributed by atoms with E-state index < -0.39 is 11.9 Å². The van der Waals surface area contributed by atoms with Crippen LogP contribution in [0, 0.1) is 5.92 Å².